The first-order valence-corrected chi connectivity index (χ1v) is 4.56. The van der Waals surface area contributed by atoms with Crippen molar-refractivity contribution in [3.8, 4) is 5.75 Å². The van der Waals surface area contributed by atoms with Gasteiger partial charge in [-0.1, -0.05) is 0 Å². The van der Waals surface area contributed by atoms with Crippen LogP contribution < -0.4 is 4.74 Å². The zero-order valence-electron chi connectivity index (χ0n) is 8.63. The van der Waals surface area contributed by atoms with Gasteiger partial charge in [-0.15, -0.1) is 0 Å². The standard InChI is InChI=1S/C11H13NO2/c1-7-4-8-6-12(2)11(13)9(8)5-10(7)14-3/h4-5H,6H2,1-3H3. The minimum absolute atomic E-state index is 0.0818. The highest BCUT2D eigenvalue weighted by Gasteiger charge is 2.25. The molecule has 0 aromatic heterocycles. The Balaban J connectivity index is 2.55. The Morgan fingerprint density at radius 3 is 2.79 bits per heavy atom. The van der Waals surface area contributed by atoms with Crippen molar-refractivity contribution in [3.63, 3.8) is 0 Å². The SMILES string of the molecule is COc1cc2c(cc1C)CN(C)C2=O. The van der Waals surface area contributed by atoms with Crippen LogP contribution in [-0.2, 0) is 6.54 Å². The second-order valence-electron chi connectivity index (χ2n) is 3.64. The van der Waals surface area contributed by atoms with Gasteiger partial charge in [0.2, 0.25) is 0 Å². The number of benzene rings is 1. The van der Waals surface area contributed by atoms with E-state index in [0.717, 1.165) is 22.4 Å². The van der Waals surface area contributed by atoms with Crippen LogP contribution in [0.1, 0.15) is 21.5 Å². The number of nitrogens with zero attached hydrogens (tertiary/aromatic N) is 1. The maximum atomic E-state index is 11.6. The number of hydrogen-bond acceptors (Lipinski definition) is 2. The van der Waals surface area contributed by atoms with Gasteiger partial charge in [0, 0.05) is 19.2 Å². The molecule has 0 fully saturated rings. The average molecular weight is 191 g/mol. The highest BCUT2D eigenvalue weighted by Crippen LogP contribution is 2.28. The van der Waals surface area contributed by atoms with Crippen molar-refractivity contribution in [2.75, 3.05) is 14.2 Å². The summed E-state index contributed by atoms with van der Waals surface area (Å²) in [5.41, 5.74) is 2.94. The van der Waals surface area contributed by atoms with E-state index in [1.807, 2.05) is 26.1 Å². The molecule has 1 amide bonds. The molecular weight excluding hydrogens is 178 g/mol. The van der Waals surface area contributed by atoms with Gasteiger partial charge in [-0.25, -0.2) is 0 Å². The highest BCUT2D eigenvalue weighted by molar-refractivity contribution is 5.98. The Morgan fingerprint density at radius 2 is 2.14 bits per heavy atom. The van der Waals surface area contributed by atoms with E-state index in [4.69, 9.17) is 4.74 Å². The van der Waals surface area contributed by atoms with Gasteiger partial charge in [0.05, 0.1) is 7.11 Å². The van der Waals surface area contributed by atoms with Crippen LogP contribution in [0.2, 0.25) is 0 Å². The predicted octanol–water partition coefficient (Wildman–Crippen LogP) is 1.59. The molecule has 0 radical (unpaired) electrons. The number of rotatable bonds is 1. The molecule has 0 saturated heterocycles. The van der Waals surface area contributed by atoms with Crippen LogP contribution in [0.4, 0.5) is 0 Å². The van der Waals surface area contributed by atoms with E-state index < -0.39 is 0 Å². The Labute approximate surface area is 83.3 Å². The monoisotopic (exact) mass is 191 g/mol. The van der Waals surface area contributed by atoms with Crippen molar-refractivity contribution in [1.82, 2.24) is 4.90 Å². The lowest BCUT2D eigenvalue weighted by Crippen LogP contribution is -2.17. The Hall–Kier alpha value is -1.51. The summed E-state index contributed by atoms with van der Waals surface area (Å²) >= 11 is 0. The number of fused-ring (bicyclic) bond motifs is 1. The van der Waals surface area contributed by atoms with Crippen LogP contribution in [0.25, 0.3) is 0 Å². The first-order valence-electron chi connectivity index (χ1n) is 4.56. The summed E-state index contributed by atoms with van der Waals surface area (Å²) in [6.07, 6.45) is 0. The molecule has 3 heteroatoms. The van der Waals surface area contributed by atoms with Gasteiger partial charge in [0.1, 0.15) is 5.75 Å². The summed E-state index contributed by atoms with van der Waals surface area (Å²) in [7, 11) is 3.43. The third-order valence-corrected chi connectivity index (χ3v) is 2.61. The van der Waals surface area contributed by atoms with Gasteiger partial charge in [0.25, 0.3) is 5.91 Å². The normalized spacial score (nSPS) is 14.5. The number of carbonyl (C=O) groups excluding carboxylic acids is 1. The number of aryl methyl sites for hydroxylation is 1. The van der Waals surface area contributed by atoms with Crippen molar-refractivity contribution in [2.45, 2.75) is 13.5 Å². The molecule has 2 rings (SSSR count). The maximum Gasteiger partial charge on any atom is 0.254 e. The number of hydrogen-bond donors (Lipinski definition) is 0. The minimum atomic E-state index is 0.0818. The van der Waals surface area contributed by atoms with Gasteiger partial charge in [-0.3, -0.25) is 4.79 Å². The molecule has 0 spiro atoms. The number of methoxy groups -OCH3 is 1. The second kappa shape index (κ2) is 3.01. The largest absolute Gasteiger partial charge is 0.496 e. The third kappa shape index (κ3) is 1.16. The van der Waals surface area contributed by atoms with Crippen molar-refractivity contribution < 1.29 is 9.53 Å². The smallest absolute Gasteiger partial charge is 0.254 e. The lowest BCUT2D eigenvalue weighted by atomic mass is 10.1. The maximum absolute atomic E-state index is 11.6. The Bertz CT molecular complexity index is 399. The highest BCUT2D eigenvalue weighted by atomic mass is 16.5. The number of carbonyl (C=O) groups is 1. The molecule has 1 aliphatic rings. The van der Waals surface area contributed by atoms with Gasteiger partial charge in [-0.05, 0) is 30.2 Å². The van der Waals surface area contributed by atoms with Gasteiger partial charge < -0.3 is 9.64 Å². The lowest BCUT2D eigenvalue weighted by Gasteiger charge is -2.05. The summed E-state index contributed by atoms with van der Waals surface area (Å²) in [6.45, 7) is 2.70. The second-order valence-corrected chi connectivity index (χ2v) is 3.64. The molecule has 0 saturated carbocycles. The van der Waals surface area contributed by atoms with Crippen LogP contribution in [0.15, 0.2) is 12.1 Å². The summed E-state index contributed by atoms with van der Waals surface area (Å²) < 4.78 is 5.18. The number of ether oxygens (including phenoxy) is 1. The molecule has 14 heavy (non-hydrogen) atoms. The van der Waals surface area contributed by atoms with Gasteiger partial charge in [-0.2, -0.15) is 0 Å². The topological polar surface area (TPSA) is 29.5 Å². The molecule has 1 aliphatic heterocycles. The molecule has 74 valence electrons. The predicted molar refractivity (Wildman–Crippen MR) is 53.5 cm³/mol. The van der Waals surface area contributed by atoms with Crippen molar-refractivity contribution in [1.29, 1.82) is 0 Å². The minimum Gasteiger partial charge on any atom is -0.496 e. The van der Waals surface area contributed by atoms with E-state index in [1.165, 1.54) is 0 Å². The van der Waals surface area contributed by atoms with E-state index in [1.54, 1.807) is 12.0 Å². The number of amides is 1. The molecular formula is C11H13NO2. The van der Waals surface area contributed by atoms with Crippen LogP contribution in [0.3, 0.4) is 0 Å². The van der Waals surface area contributed by atoms with Crippen LogP contribution in [0, 0.1) is 6.92 Å². The van der Waals surface area contributed by atoms with Gasteiger partial charge in [0.15, 0.2) is 0 Å². The van der Waals surface area contributed by atoms with Crippen molar-refractivity contribution in [2.24, 2.45) is 0 Å². The fourth-order valence-corrected chi connectivity index (χ4v) is 1.83. The fourth-order valence-electron chi connectivity index (χ4n) is 1.83. The zero-order chi connectivity index (χ0) is 10.3. The molecule has 1 aromatic rings. The summed E-state index contributed by atoms with van der Waals surface area (Å²) in [6, 6.07) is 3.85. The molecule has 0 aliphatic carbocycles. The lowest BCUT2D eigenvalue weighted by molar-refractivity contribution is 0.0816. The van der Waals surface area contributed by atoms with Crippen LogP contribution in [0.5, 0.6) is 5.75 Å². The Kier molecular flexibility index (Phi) is 1.95. The van der Waals surface area contributed by atoms with Crippen molar-refractivity contribution >= 4 is 5.91 Å². The summed E-state index contributed by atoms with van der Waals surface area (Å²) in [5.74, 6) is 0.866. The molecule has 0 bridgehead atoms. The molecule has 0 unspecified atom stereocenters. The van der Waals surface area contributed by atoms with Crippen LogP contribution in [-0.4, -0.2) is 25.0 Å². The Morgan fingerprint density at radius 1 is 1.43 bits per heavy atom. The van der Waals surface area contributed by atoms with Crippen molar-refractivity contribution in [3.05, 3.63) is 28.8 Å². The van der Waals surface area contributed by atoms with E-state index in [9.17, 15) is 4.79 Å². The molecule has 1 heterocycles. The third-order valence-electron chi connectivity index (χ3n) is 2.61. The molecule has 0 N–H and O–H groups in total. The van der Waals surface area contributed by atoms with E-state index >= 15 is 0 Å². The zero-order valence-corrected chi connectivity index (χ0v) is 8.63. The average Bonchev–Trinajstić information content (AvgIpc) is 2.41. The molecule has 0 atom stereocenters. The first kappa shape index (κ1) is 9.06. The van der Waals surface area contributed by atoms with Gasteiger partial charge >= 0.3 is 0 Å². The molecule has 3 nitrogen and oxygen atoms in total. The van der Waals surface area contributed by atoms with E-state index in [2.05, 4.69) is 0 Å². The first-order chi connectivity index (χ1) is 6.63. The summed E-state index contributed by atoms with van der Waals surface area (Å²) in [4.78, 5) is 13.4. The molecule has 1 aromatic carbocycles. The van der Waals surface area contributed by atoms with Crippen LogP contribution >= 0.6 is 0 Å². The van der Waals surface area contributed by atoms with E-state index in [0.29, 0.717) is 6.54 Å². The quantitative estimate of drug-likeness (QED) is 0.674. The van der Waals surface area contributed by atoms with E-state index in [-0.39, 0.29) is 5.91 Å². The fraction of sp³-hybridized carbons (Fsp3) is 0.364. The summed E-state index contributed by atoms with van der Waals surface area (Å²) in [5, 5.41) is 0.